The second-order valence-corrected chi connectivity index (χ2v) is 4.90. The summed E-state index contributed by atoms with van der Waals surface area (Å²) in [5.74, 6) is 0.527. The molecule has 92 valence electrons. The van der Waals surface area contributed by atoms with Gasteiger partial charge in [0, 0.05) is 0 Å². The summed E-state index contributed by atoms with van der Waals surface area (Å²) in [5, 5.41) is 3.36. The van der Waals surface area contributed by atoms with Crippen LogP contribution in [-0.2, 0) is 0 Å². The van der Waals surface area contributed by atoms with Crippen LogP contribution in [0.15, 0.2) is 18.2 Å². The van der Waals surface area contributed by atoms with Crippen LogP contribution in [0.1, 0.15) is 29.5 Å². The maximum absolute atomic E-state index is 13.2. The SMILES string of the molecule is Cc1cc(F)cc(C)c1/C=C/C1CCNCC1. The molecule has 1 aliphatic rings. The zero-order valence-corrected chi connectivity index (χ0v) is 10.6. The van der Waals surface area contributed by atoms with Crippen molar-refractivity contribution in [3.05, 3.63) is 40.7 Å². The molecule has 2 heteroatoms. The van der Waals surface area contributed by atoms with Crippen molar-refractivity contribution in [3.8, 4) is 0 Å². The smallest absolute Gasteiger partial charge is 0.123 e. The van der Waals surface area contributed by atoms with Crippen molar-refractivity contribution >= 4 is 6.08 Å². The first-order chi connectivity index (χ1) is 8.16. The van der Waals surface area contributed by atoms with Crippen LogP contribution in [0.2, 0.25) is 0 Å². The zero-order chi connectivity index (χ0) is 12.3. The van der Waals surface area contributed by atoms with Gasteiger partial charge in [0.05, 0.1) is 0 Å². The normalized spacial score (nSPS) is 17.8. The molecule has 1 aromatic carbocycles. The van der Waals surface area contributed by atoms with Gasteiger partial charge in [0.1, 0.15) is 5.82 Å². The molecule has 0 spiro atoms. The summed E-state index contributed by atoms with van der Waals surface area (Å²) >= 11 is 0. The molecule has 1 saturated heterocycles. The predicted octanol–water partition coefficient (Wildman–Crippen LogP) is 3.46. The van der Waals surface area contributed by atoms with Crippen LogP contribution in [0.3, 0.4) is 0 Å². The van der Waals surface area contributed by atoms with Gasteiger partial charge in [0.15, 0.2) is 0 Å². The number of hydrogen-bond acceptors (Lipinski definition) is 1. The van der Waals surface area contributed by atoms with Gasteiger partial charge in [-0.3, -0.25) is 0 Å². The van der Waals surface area contributed by atoms with E-state index in [0.29, 0.717) is 5.92 Å². The largest absolute Gasteiger partial charge is 0.317 e. The fourth-order valence-electron chi connectivity index (χ4n) is 2.45. The number of aryl methyl sites for hydroxylation is 2. The summed E-state index contributed by atoms with van der Waals surface area (Å²) < 4.78 is 13.2. The third kappa shape index (κ3) is 3.16. The fourth-order valence-corrected chi connectivity index (χ4v) is 2.45. The first-order valence-electron chi connectivity index (χ1n) is 6.32. The van der Waals surface area contributed by atoms with Crippen LogP contribution in [0, 0.1) is 25.6 Å². The van der Waals surface area contributed by atoms with Crippen LogP contribution in [0.4, 0.5) is 4.39 Å². The van der Waals surface area contributed by atoms with E-state index in [1.54, 1.807) is 12.1 Å². The zero-order valence-electron chi connectivity index (χ0n) is 10.6. The first kappa shape index (κ1) is 12.3. The van der Waals surface area contributed by atoms with Crippen molar-refractivity contribution < 1.29 is 4.39 Å². The average Bonchev–Trinajstić information content (AvgIpc) is 2.29. The molecule has 17 heavy (non-hydrogen) atoms. The summed E-state index contributed by atoms with van der Waals surface area (Å²) in [7, 11) is 0. The number of benzene rings is 1. The van der Waals surface area contributed by atoms with E-state index >= 15 is 0 Å². The van der Waals surface area contributed by atoms with Crippen molar-refractivity contribution in [1.29, 1.82) is 0 Å². The lowest BCUT2D eigenvalue weighted by atomic mass is 9.95. The molecule has 0 atom stereocenters. The van der Waals surface area contributed by atoms with Gasteiger partial charge < -0.3 is 5.32 Å². The highest BCUT2D eigenvalue weighted by molar-refractivity contribution is 5.57. The number of hydrogen-bond donors (Lipinski definition) is 1. The minimum atomic E-state index is -0.140. The number of rotatable bonds is 2. The molecule has 2 rings (SSSR count). The quantitative estimate of drug-likeness (QED) is 0.825. The molecule has 0 unspecified atom stereocenters. The van der Waals surface area contributed by atoms with Crippen LogP contribution in [0.25, 0.3) is 6.08 Å². The fraction of sp³-hybridized carbons (Fsp3) is 0.467. The molecule has 0 saturated carbocycles. The Morgan fingerprint density at radius 2 is 1.76 bits per heavy atom. The molecule has 0 bridgehead atoms. The number of nitrogens with one attached hydrogen (secondary N) is 1. The molecule has 0 amide bonds. The lowest BCUT2D eigenvalue weighted by Gasteiger charge is -2.19. The average molecular weight is 233 g/mol. The Morgan fingerprint density at radius 1 is 1.18 bits per heavy atom. The molecule has 1 nitrogen and oxygen atoms in total. The monoisotopic (exact) mass is 233 g/mol. The highest BCUT2D eigenvalue weighted by Gasteiger charge is 2.09. The van der Waals surface area contributed by atoms with E-state index in [0.717, 1.165) is 24.2 Å². The van der Waals surface area contributed by atoms with Gasteiger partial charge in [0.25, 0.3) is 0 Å². The Labute approximate surface area is 103 Å². The molecule has 0 aliphatic carbocycles. The predicted molar refractivity (Wildman–Crippen MR) is 70.5 cm³/mol. The molecule has 0 aromatic heterocycles. The van der Waals surface area contributed by atoms with Gasteiger partial charge in [-0.05, 0) is 74.5 Å². The second kappa shape index (κ2) is 5.46. The molecule has 0 radical (unpaired) electrons. The number of halogens is 1. The van der Waals surface area contributed by atoms with Crippen molar-refractivity contribution in [3.63, 3.8) is 0 Å². The summed E-state index contributed by atoms with van der Waals surface area (Å²) in [5.41, 5.74) is 3.21. The highest BCUT2D eigenvalue weighted by atomic mass is 19.1. The van der Waals surface area contributed by atoms with Crippen LogP contribution < -0.4 is 5.32 Å². The summed E-state index contributed by atoms with van der Waals surface area (Å²) in [6.45, 7) is 6.16. The van der Waals surface area contributed by atoms with Crippen molar-refractivity contribution in [2.24, 2.45) is 5.92 Å². The topological polar surface area (TPSA) is 12.0 Å². The van der Waals surface area contributed by atoms with Crippen LogP contribution in [-0.4, -0.2) is 13.1 Å². The van der Waals surface area contributed by atoms with E-state index in [1.165, 1.54) is 18.4 Å². The molecule has 1 fully saturated rings. The minimum absolute atomic E-state index is 0.140. The van der Waals surface area contributed by atoms with E-state index in [2.05, 4.69) is 17.5 Å². The van der Waals surface area contributed by atoms with E-state index in [4.69, 9.17) is 0 Å². The molecule has 1 aromatic rings. The molecule has 1 heterocycles. The lowest BCUT2D eigenvalue weighted by Crippen LogP contribution is -2.26. The lowest BCUT2D eigenvalue weighted by molar-refractivity contribution is 0.438. The maximum atomic E-state index is 13.2. The Morgan fingerprint density at radius 3 is 2.35 bits per heavy atom. The molecule has 1 N–H and O–H groups in total. The Balaban J connectivity index is 2.14. The standard InChI is InChI=1S/C15H20FN/c1-11-9-14(16)10-12(2)15(11)4-3-13-5-7-17-8-6-13/h3-4,9-10,13,17H,5-8H2,1-2H3/b4-3+. The first-order valence-corrected chi connectivity index (χ1v) is 6.32. The Bertz CT molecular complexity index is 394. The molecular weight excluding hydrogens is 213 g/mol. The summed E-state index contributed by atoms with van der Waals surface area (Å²) in [4.78, 5) is 0. The summed E-state index contributed by atoms with van der Waals surface area (Å²) in [6.07, 6.45) is 6.86. The van der Waals surface area contributed by atoms with E-state index in [9.17, 15) is 4.39 Å². The Kier molecular flexibility index (Phi) is 3.95. The summed E-state index contributed by atoms with van der Waals surface area (Å²) in [6, 6.07) is 3.21. The van der Waals surface area contributed by atoms with Gasteiger partial charge >= 0.3 is 0 Å². The highest BCUT2D eigenvalue weighted by Crippen LogP contribution is 2.20. The minimum Gasteiger partial charge on any atom is -0.317 e. The number of piperidine rings is 1. The molecular formula is C15H20FN. The van der Waals surface area contributed by atoms with Crippen molar-refractivity contribution in [2.75, 3.05) is 13.1 Å². The van der Waals surface area contributed by atoms with Gasteiger partial charge in [-0.2, -0.15) is 0 Å². The van der Waals surface area contributed by atoms with Gasteiger partial charge in [-0.25, -0.2) is 4.39 Å². The maximum Gasteiger partial charge on any atom is 0.123 e. The van der Waals surface area contributed by atoms with Crippen molar-refractivity contribution in [1.82, 2.24) is 5.32 Å². The van der Waals surface area contributed by atoms with E-state index < -0.39 is 0 Å². The van der Waals surface area contributed by atoms with Crippen LogP contribution >= 0.6 is 0 Å². The van der Waals surface area contributed by atoms with Gasteiger partial charge in [-0.15, -0.1) is 0 Å². The van der Waals surface area contributed by atoms with E-state index in [-0.39, 0.29) is 5.82 Å². The van der Waals surface area contributed by atoms with Gasteiger partial charge in [0.2, 0.25) is 0 Å². The van der Waals surface area contributed by atoms with Gasteiger partial charge in [-0.1, -0.05) is 12.2 Å². The third-order valence-electron chi connectivity index (χ3n) is 3.48. The third-order valence-corrected chi connectivity index (χ3v) is 3.48. The number of allylic oxidation sites excluding steroid dienone is 1. The van der Waals surface area contributed by atoms with Crippen LogP contribution in [0.5, 0.6) is 0 Å². The molecule has 1 aliphatic heterocycles. The van der Waals surface area contributed by atoms with E-state index in [1.807, 2.05) is 13.8 Å². The Hall–Kier alpha value is -1.15. The second-order valence-electron chi connectivity index (χ2n) is 4.90. The van der Waals surface area contributed by atoms with Crippen molar-refractivity contribution in [2.45, 2.75) is 26.7 Å².